The summed E-state index contributed by atoms with van der Waals surface area (Å²) in [5.74, 6) is 0.0343. The molecule has 0 aliphatic heterocycles. The monoisotopic (exact) mass is 183 g/mol. The van der Waals surface area contributed by atoms with Crippen molar-refractivity contribution in [1.82, 2.24) is 0 Å². The third-order valence-electron chi connectivity index (χ3n) is 3.11. The standard InChI is InChI=1S/C10H14FNO/c1-4-10(12-3)7(2)5-9(13)8(10)6-11/h6-7,9,13H,4-5H2,1-2H3/b8-6-/t7-,9+,10-/m0/s1. The number of rotatable bonds is 1. The van der Waals surface area contributed by atoms with E-state index < -0.39 is 11.6 Å². The van der Waals surface area contributed by atoms with E-state index >= 15 is 0 Å². The summed E-state index contributed by atoms with van der Waals surface area (Å²) in [5, 5.41) is 9.51. The molecule has 1 saturated carbocycles. The largest absolute Gasteiger partial charge is 0.388 e. The van der Waals surface area contributed by atoms with Crippen LogP contribution in [0.4, 0.5) is 4.39 Å². The van der Waals surface area contributed by atoms with Gasteiger partial charge in [-0.25, -0.2) is 11.0 Å². The quantitative estimate of drug-likeness (QED) is 0.620. The highest BCUT2D eigenvalue weighted by Gasteiger charge is 2.54. The molecule has 1 aliphatic carbocycles. The maximum Gasteiger partial charge on any atom is 0.260 e. The summed E-state index contributed by atoms with van der Waals surface area (Å²) in [6.45, 7) is 10.9. The van der Waals surface area contributed by atoms with Crippen molar-refractivity contribution >= 4 is 0 Å². The van der Waals surface area contributed by atoms with Crippen molar-refractivity contribution in [2.45, 2.75) is 38.3 Å². The molecule has 0 spiro atoms. The van der Waals surface area contributed by atoms with Crippen molar-refractivity contribution in [3.63, 3.8) is 0 Å². The molecule has 0 saturated heterocycles. The summed E-state index contributed by atoms with van der Waals surface area (Å²) in [6.07, 6.45) is 0.695. The lowest BCUT2D eigenvalue weighted by Gasteiger charge is -2.19. The van der Waals surface area contributed by atoms with Gasteiger partial charge in [0, 0.05) is 12.3 Å². The Morgan fingerprint density at radius 1 is 1.85 bits per heavy atom. The highest BCUT2D eigenvalue weighted by Crippen LogP contribution is 2.45. The van der Waals surface area contributed by atoms with E-state index in [0.29, 0.717) is 19.2 Å². The summed E-state index contributed by atoms with van der Waals surface area (Å²) < 4.78 is 12.5. The molecular weight excluding hydrogens is 169 g/mol. The van der Waals surface area contributed by atoms with Gasteiger partial charge in [-0.3, -0.25) is 0 Å². The highest BCUT2D eigenvalue weighted by atomic mass is 19.1. The number of nitrogens with zero attached hydrogens (tertiary/aromatic N) is 1. The van der Waals surface area contributed by atoms with Crippen LogP contribution in [0, 0.1) is 12.5 Å². The minimum absolute atomic E-state index is 0.0343. The smallest absolute Gasteiger partial charge is 0.260 e. The average molecular weight is 183 g/mol. The SMILES string of the molecule is [C-]#[N+][C@]1(CC)/C(=C\F)[C@H](O)C[C@@H]1C. The molecule has 0 radical (unpaired) electrons. The van der Waals surface area contributed by atoms with Gasteiger partial charge in [0.2, 0.25) is 0 Å². The lowest BCUT2D eigenvalue weighted by molar-refractivity contribution is 0.208. The number of hydrogen-bond donors (Lipinski definition) is 1. The molecule has 0 bridgehead atoms. The molecular formula is C10H14FNO. The molecule has 3 heteroatoms. The molecule has 0 unspecified atom stereocenters. The van der Waals surface area contributed by atoms with Gasteiger partial charge in [-0.1, -0.05) is 13.8 Å². The zero-order chi connectivity index (χ0) is 10.1. The third-order valence-corrected chi connectivity index (χ3v) is 3.11. The fourth-order valence-corrected chi connectivity index (χ4v) is 2.20. The number of aliphatic hydroxyl groups is 1. The van der Waals surface area contributed by atoms with Crippen LogP contribution in [-0.2, 0) is 0 Å². The van der Waals surface area contributed by atoms with Gasteiger partial charge in [-0.05, 0) is 6.42 Å². The van der Waals surface area contributed by atoms with E-state index in [2.05, 4.69) is 4.85 Å². The fourth-order valence-electron chi connectivity index (χ4n) is 2.20. The number of halogens is 1. The van der Waals surface area contributed by atoms with Gasteiger partial charge in [0.15, 0.2) is 0 Å². The Morgan fingerprint density at radius 3 is 2.77 bits per heavy atom. The summed E-state index contributed by atoms with van der Waals surface area (Å²) in [4.78, 5) is 3.50. The second-order valence-corrected chi connectivity index (χ2v) is 3.61. The average Bonchev–Trinajstić information content (AvgIpc) is 2.36. The van der Waals surface area contributed by atoms with E-state index in [1.165, 1.54) is 0 Å². The molecule has 1 rings (SSSR count). The molecule has 0 amide bonds. The van der Waals surface area contributed by atoms with Gasteiger partial charge < -0.3 is 9.95 Å². The van der Waals surface area contributed by atoms with Crippen LogP contribution in [0.2, 0.25) is 0 Å². The Bertz CT molecular complexity index is 269. The summed E-state index contributed by atoms with van der Waals surface area (Å²) in [6, 6.07) is 0. The molecule has 1 N–H and O–H groups in total. The Labute approximate surface area is 77.9 Å². The van der Waals surface area contributed by atoms with Gasteiger partial charge in [-0.2, -0.15) is 0 Å². The van der Waals surface area contributed by atoms with E-state index in [1.54, 1.807) is 0 Å². The minimum atomic E-state index is -0.797. The Kier molecular flexibility index (Phi) is 2.72. The molecule has 72 valence electrons. The molecule has 2 nitrogen and oxygen atoms in total. The maximum atomic E-state index is 12.5. The molecule has 13 heavy (non-hydrogen) atoms. The second-order valence-electron chi connectivity index (χ2n) is 3.61. The lowest BCUT2D eigenvalue weighted by Crippen LogP contribution is -2.29. The zero-order valence-electron chi connectivity index (χ0n) is 7.92. The van der Waals surface area contributed by atoms with Crippen molar-refractivity contribution < 1.29 is 9.50 Å². The topological polar surface area (TPSA) is 24.6 Å². The first-order valence-electron chi connectivity index (χ1n) is 4.49. The van der Waals surface area contributed by atoms with Crippen LogP contribution < -0.4 is 0 Å². The van der Waals surface area contributed by atoms with Crippen LogP contribution in [0.15, 0.2) is 11.9 Å². The predicted octanol–water partition coefficient (Wildman–Crippen LogP) is 2.31. The highest BCUT2D eigenvalue weighted by molar-refractivity contribution is 5.34. The van der Waals surface area contributed by atoms with Gasteiger partial charge >= 0.3 is 0 Å². The molecule has 1 fully saturated rings. The van der Waals surface area contributed by atoms with Crippen molar-refractivity contribution in [1.29, 1.82) is 0 Å². The molecule has 0 aromatic heterocycles. The van der Waals surface area contributed by atoms with Gasteiger partial charge in [0.25, 0.3) is 5.54 Å². The first-order chi connectivity index (χ1) is 6.12. The summed E-state index contributed by atoms with van der Waals surface area (Å²) in [5.41, 5.74) is -0.536. The van der Waals surface area contributed by atoms with Gasteiger partial charge in [0.1, 0.15) is 0 Å². The third kappa shape index (κ3) is 1.26. The molecule has 0 aromatic carbocycles. The predicted molar refractivity (Wildman–Crippen MR) is 48.6 cm³/mol. The molecule has 0 heterocycles. The van der Waals surface area contributed by atoms with Crippen LogP contribution >= 0.6 is 0 Å². The Balaban J connectivity index is 3.14. The van der Waals surface area contributed by atoms with Crippen LogP contribution in [0.1, 0.15) is 26.7 Å². The first-order valence-corrected chi connectivity index (χ1v) is 4.49. The van der Waals surface area contributed by atoms with Crippen LogP contribution in [0.5, 0.6) is 0 Å². The van der Waals surface area contributed by atoms with Crippen LogP contribution in [-0.4, -0.2) is 16.7 Å². The van der Waals surface area contributed by atoms with Crippen molar-refractivity contribution in [3.8, 4) is 0 Å². The molecule has 3 atom stereocenters. The van der Waals surface area contributed by atoms with Crippen molar-refractivity contribution in [3.05, 3.63) is 23.3 Å². The Hall–Kier alpha value is -0.880. The number of hydrogen-bond acceptors (Lipinski definition) is 1. The molecule has 0 aromatic rings. The van der Waals surface area contributed by atoms with E-state index in [4.69, 9.17) is 6.57 Å². The van der Waals surface area contributed by atoms with E-state index in [1.807, 2.05) is 13.8 Å². The van der Waals surface area contributed by atoms with Crippen LogP contribution in [0.25, 0.3) is 4.85 Å². The second kappa shape index (κ2) is 3.47. The van der Waals surface area contributed by atoms with Gasteiger partial charge in [0.05, 0.1) is 18.0 Å². The first kappa shape index (κ1) is 10.2. The Morgan fingerprint density at radius 2 is 2.46 bits per heavy atom. The van der Waals surface area contributed by atoms with E-state index in [-0.39, 0.29) is 11.5 Å². The normalized spacial score (nSPS) is 42.2. The van der Waals surface area contributed by atoms with Crippen molar-refractivity contribution in [2.75, 3.05) is 0 Å². The van der Waals surface area contributed by atoms with Crippen molar-refractivity contribution in [2.24, 2.45) is 5.92 Å². The summed E-state index contributed by atoms with van der Waals surface area (Å²) >= 11 is 0. The summed E-state index contributed by atoms with van der Waals surface area (Å²) in [7, 11) is 0. The van der Waals surface area contributed by atoms with Gasteiger partial charge in [-0.15, -0.1) is 0 Å². The van der Waals surface area contributed by atoms with Crippen LogP contribution in [0.3, 0.4) is 0 Å². The van der Waals surface area contributed by atoms with E-state index in [0.717, 1.165) is 0 Å². The maximum absolute atomic E-state index is 12.5. The number of aliphatic hydroxyl groups excluding tert-OH is 1. The fraction of sp³-hybridized carbons (Fsp3) is 0.700. The zero-order valence-corrected chi connectivity index (χ0v) is 7.92. The lowest BCUT2D eigenvalue weighted by atomic mass is 9.84. The minimum Gasteiger partial charge on any atom is -0.388 e. The molecule has 1 aliphatic rings. The van der Waals surface area contributed by atoms with E-state index in [9.17, 15) is 9.50 Å².